The van der Waals surface area contributed by atoms with Gasteiger partial charge in [0, 0.05) is 6.42 Å². The van der Waals surface area contributed by atoms with E-state index in [0.717, 1.165) is 12.8 Å². The standard InChI is InChI=1S/C21H42O8/c1-2-3-4-5-6-7-8-21(23)29-20-19-28-18-17-27-16-15-26-14-13-25-12-11-24-10-9-22/h22H,2-20H2,1H3. The molecule has 0 saturated carbocycles. The zero-order valence-corrected chi connectivity index (χ0v) is 18.2. The fourth-order valence-corrected chi connectivity index (χ4v) is 2.38. The van der Waals surface area contributed by atoms with Crippen LogP contribution in [0.4, 0.5) is 0 Å². The van der Waals surface area contributed by atoms with Crippen LogP contribution in [-0.4, -0.2) is 90.4 Å². The summed E-state index contributed by atoms with van der Waals surface area (Å²) in [5.74, 6) is -0.140. The third-order valence-electron chi connectivity index (χ3n) is 3.95. The van der Waals surface area contributed by atoms with Gasteiger partial charge in [0.1, 0.15) is 6.61 Å². The molecule has 0 atom stereocenters. The monoisotopic (exact) mass is 422 g/mol. The van der Waals surface area contributed by atoms with Crippen LogP contribution in [0.5, 0.6) is 0 Å². The van der Waals surface area contributed by atoms with Crippen LogP contribution >= 0.6 is 0 Å². The van der Waals surface area contributed by atoms with Crippen molar-refractivity contribution in [1.82, 2.24) is 0 Å². The second-order valence-corrected chi connectivity index (χ2v) is 6.52. The molecular weight excluding hydrogens is 380 g/mol. The van der Waals surface area contributed by atoms with Crippen LogP contribution in [-0.2, 0) is 33.2 Å². The minimum atomic E-state index is -0.140. The number of carbonyl (C=O) groups is 1. The Morgan fingerprint density at radius 1 is 0.586 bits per heavy atom. The molecule has 0 aliphatic carbocycles. The molecule has 29 heavy (non-hydrogen) atoms. The van der Waals surface area contributed by atoms with Crippen LogP contribution in [0.25, 0.3) is 0 Å². The van der Waals surface area contributed by atoms with Gasteiger partial charge >= 0.3 is 5.97 Å². The number of esters is 1. The Morgan fingerprint density at radius 2 is 1.00 bits per heavy atom. The van der Waals surface area contributed by atoms with E-state index in [9.17, 15) is 4.79 Å². The first kappa shape index (κ1) is 28.2. The van der Waals surface area contributed by atoms with Crippen molar-refractivity contribution in [3.8, 4) is 0 Å². The maximum Gasteiger partial charge on any atom is 0.305 e. The van der Waals surface area contributed by atoms with E-state index < -0.39 is 0 Å². The summed E-state index contributed by atoms with van der Waals surface area (Å²) in [6.45, 7) is 7.16. The van der Waals surface area contributed by atoms with Crippen molar-refractivity contribution >= 4 is 5.97 Å². The van der Waals surface area contributed by atoms with Gasteiger partial charge in [-0.25, -0.2) is 0 Å². The molecule has 0 aromatic rings. The quantitative estimate of drug-likeness (QED) is 0.187. The summed E-state index contributed by atoms with van der Waals surface area (Å²) >= 11 is 0. The van der Waals surface area contributed by atoms with Crippen LogP contribution in [0.3, 0.4) is 0 Å². The number of aliphatic hydroxyl groups excluding tert-OH is 1. The highest BCUT2D eigenvalue weighted by atomic mass is 16.6. The van der Waals surface area contributed by atoms with Gasteiger partial charge in [0.25, 0.3) is 0 Å². The first-order valence-electron chi connectivity index (χ1n) is 11.0. The van der Waals surface area contributed by atoms with Crippen molar-refractivity contribution in [2.24, 2.45) is 0 Å². The summed E-state index contributed by atoms with van der Waals surface area (Å²) in [4.78, 5) is 11.6. The van der Waals surface area contributed by atoms with Gasteiger partial charge in [-0.1, -0.05) is 39.0 Å². The van der Waals surface area contributed by atoms with E-state index in [0.29, 0.717) is 79.1 Å². The Hall–Kier alpha value is -0.770. The van der Waals surface area contributed by atoms with Crippen molar-refractivity contribution in [2.75, 3.05) is 79.3 Å². The molecule has 8 heteroatoms. The number of hydrogen-bond donors (Lipinski definition) is 1. The first-order valence-corrected chi connectivity index (χ1v) is 11.0. The zero-order valence-electron chi connectivity index (χ0n) is 18.2. The third-order valence-corrected chi connectivity index (χ3v) is 3.95. The Morgan fingerprint density at radius 3 is 1.48 bits per heavy atom. The molecule has 0 spiro atoms. The first-order chi connectivity index (χ1) is 14.3. The van der Waals surface area contributed by atoms with Gasteiger partial charge in [-0.15, -0.1) is 0 Å². The van der Waals surface area contributed by atoms with E-state index in [4.69, 9.17) is 33.5 Å². The molecule has 0 fully saturated rings. The highest BCUT2D eigenvalue weighted by Gasteiger charge is 2.02. The van der Waals surface area contributed by atoms with Gasteiger partial charge in [0.2, 0.25) is 0 Å². The Labute approximate surface area is 176 Å². The summed E-state index contributed by atoms with van der Waals surface area (Å²) in [6, 6.07) is 0. The SMILES string of the molecule is CCCCCCCCC(=O)OCCOCCOCCOCCOCCOCCO. The number of ether oxygens (including phenoxy) is 6. The molecule has 0 aromatic heterocycles. The maximum atomic E-state index is 11.6. The molecule has 1 N–H and O–H groups in total. The highest BCUT2D eigenvalue weighted by Crippen LogP contribution is 2.07. The molecular formula is C21H42O8. The fraction of sp³-hybridized carbons (Fsp3) is 0.952. The summed E-state index contributed by atoms with van der Waals surface area (Å²) in [5.41, 5.74) is 0. The lowest BCUT2D eigenvalue weighted by atomic mass is 10.1. The van der Waals surface area contributed by atoms with Gasteiger partial charge in [0.05, 0.1) is 72.7 Å². The van der Waals surface area contributed by atoms with Crippen molar-refractivity contribution in [3.05, 3.63) is 0 Å². The van der Waals surface area contributed by atoms with Crippen molar-refractivity contribution in [2.45, 2.75) is 51.9 Å². The lowest BCUT2D eigenvalue weighted by Crippen LogP contribution is -2.15. The predicted octanol–water partition coefficient (Wildman–Crippen LogP) is 2.36. The third kappa shape index (κ3) is 25.2. The molecule has 0 aromatic carbocycles. The zero-order chi connectivity index (χ0) is 21.3. The molecule has 0 heterocycles. The van der Waals surface area contributed by atoms with Crippen LogP contribution in [0.2, 0.25) is 0 Å². The number of aliphatic hydroxyl groups is 1. The van der Waals surface area contributed by atoms with Crippen molar-refractivity contribution < 1.29 is 38.3 Å². The molecule has 0 aliphatic heterocycles. The summed E-state index contributed by atoms with van der Waals surface area (Å²) < 4.78 is 31.6. The summed E-state index contributed by atoms with van der Waals surface area (Å²) in [7, 11) is 0. The minimum Gasteiger partial charge on any atom is -0.463 e. The van der Waals surface area contributed by atoms with Crippen LogP contribution in [0, 0.1) is 0 Å². The van der Waals surface area contributed by atoms with E-state index in [1.807, 2.05) is 0 Å². The number of carbonyl (C=O) groups excluding carboxylic acids is 1. The number of hydrogen-bond acceptors (Lipinski definition) is 8. The van der Waals surface area contributed by atoms with E-state index in [1.165, 1.54) is 25.7 Å². The molecule has 0 unspecified atom stereocenters. The minimum absolute atomic E-state index is 0.0287. The van der Waals surface area contributed by atoms with E-state index >= 15 is 0 Å². The topological polar surface area (TPSA) is 92.7 Å². The lowest BCUT2D eigenvalue weighted by molar-refractivity contribution is -0.145. The molecule has 0 aliphatic rings. The Kier molecular flexibility index (Phi) is 24.6. The van der Waals surface area contributed by atoms with Crippen LogP contribution in [0.1, 0.15) is 51.9 Å². The summed E-state index contributed by atoms with van der Waals surface area (Å²) in [5, 5.41) is 8.53. The molecule has 0 rings (SSSR count). The molecule has 0 amide bonds. The number of rotatable bonds is 24. The average molecular weight is 423 g/mol. The van der Waals surface area contributed by atoms with Crippen LogP contribution < -0.4 is 0 Å². The second kappa shape index (κ2) is 25.3. The normalized spacial score (nSPS) is 11.1. The summed E-state index contributed by atoms with van der Waals surface area (Å²) in [6.07, 6.45) is 7.47. The Bertz CT molecular complexity index is 328. The van der Waals surface area contributed by atoms with E-state index in [-0.39, 0.29) is 12.6 Å². The molecule has 0 saturated heterocycles. The van der Waals surface area contributed by atoms with Gasteiger partial charge in [-0.2, -0.15) is 0 Å². The van der Waals surface area contributed by atoms with Gasteiger partial charge in [0.15, 0.2) is 0 Å². The maximum absolute atomic E-state index is 11.6. The molecule has 0 radical (unpaired) electrons. The smallest absolute Gasteiger partial charge is 0.305 e. The fourth-order valence-electron chi connectivity index (χ4n) is 2.38. The van der Waals surface area contributed by atoms with Crippen LogP contribution in [0.15, 0.2) is 0 Å². The van der Waals surface area contributed by atoms with Gasteiger partial charge < -0.3 is 33.5 Å². The number of unbranched alkanes of at least 4 members (excludes halogenated alkanes) is 5. The molecule has 0 bridgehead atoms. The van der Waals surface area contributed by atoms with E-state index in [2.05, 4.69) is 6.92 Å². The van der Waals surface area contributed by atoms with Gasteiger partial charge in [-0.05, 0) is 6.42 Å². The second-order valence-electron chi connectivity index (χ2n) is 6.52. The average Bonchev–Trinajstić information content (AvgIpc) is 2.73. The van der Waals surface area contributed by atoms with E-state index in [1.54, 1.807) is 0 Å². The molecule has 174 valence electrons. The highest BCUT2D eigenvalue weighted by molar-refractivity contribution is 5.69. The lowest BCUT2D eigenvalue weighted by Gasteiger charge is -2.08. The largest absolute Gasteiger partial charge is 0.463 e. The van der Waals surface area contributed by atoms with Crippen molar-refractivity contribution in [3.63, 3.8) is 0 Å². The van der Waals surface area contributed by atoms with Crippen molar-refractivity contribution in [1.29, 1.82) is 0 Å². The molecule has 8 nitrogen and oxygen atoms in total. The predicted molar refractivity (Wildman–Crippen MR) is 110 cm³/mol. The van der Waals surface area contributed by atoms with Gasteiger partial charge in [-0.3, -0.25) is 4.79 Å². The Balaban J connectivity index is 3.10.